The van der Waals surface area contributed by atoms with Gasteiger partial charge in [0, 0.05) is 5.92 Å². The van der Waals surface area contributed by atoms with Gasteiger partial charge in [0.15, 0.2) is 12.6 Å². The second-order valence-electron chi connectivity index (χ2n) is 6.87. The van der Waals surface area contributed by atoms with Crippen LogP contribution in [0.3, 0.4) is 0 Å². The van der Waals surface area contributed by atoms with Crippen molar-refractivity contribution in [3.63, 3.8) is 0 Å². The van der Waals surface area contributed by atoms with Crippen LogP contribution in [0.2, 0.25) is 0 Å². The lowest BCUT2D eigenvalue weighted by atomic mass is 9.77. The normalized spacial score (nSPS) is 49.3. The van der Waals surface area contributed by atoms with Crippen LogP contribution in [0.1, 0.15) is 61.3 Å². The van der Waals surface area contributed by atoms with Crippen molar-refractivity contribution in [1.29, 1.82) is 0 Å². The largest absolute Gasteiger partial charge is 0.349 e. The molecule has 21 heavy (non-hydrogen) atoms. The SMILES string of the molecule is CC[C@@H](C)[C@@H]1O[C@@H](C)O[C@@H]([C@]2(C)O[C@@H](C)O[C@@H]2CC)[C@H]1C. The summed E-state index contributed by atoms with van der Waals surface area (Å²) >= 11 is 0. The zero-order valence-corrected chi connectivity index (χ0v) is 14.6. The van der Waals surface area contributed by atoms with Gasteiger partial charge in [-0.3, -0.25) is 0 Å². The van der Waals surface area contributed by atoms with Gasteiger partial charge in [0.25, 0.3) is 0 Å². The lowest BCUT2D eigenvalue weighted by Gasteiger charge is -2.48. The Morgan fingerprint density at radius 2 is 1.67 bits per heavy atom. The van der Waals surface area contributed by atoms with E-state index in [9.17, 15) is 0 Å². The zero-order chi connectivity index (χ0) is 15.8. The molecular formula is C17H32O4. The summed E-state index contributed by atoms with van der Waals surface area (Å²) in [5, 5.41) is 0. The topological polar surface area (TPSA) is 36.9 Å². The third-order valence-corrected chi connectivity index (χ3v) is 5.24. The molecule has 0 amide bonds. The molecular weight excluding hydrogens is 268 g/mol. The molecule has 2 rings (SSSR count). The number of hydrogen-bond donors (Lipinski definition) is 0. The Morgan fingerprint density at radius 3 is 2.24 bits per heavy atom. The van der Waals surface area contributed by atoms with Crippen molar-refractivity contribution in [2.24, 2.45) is 11.8 Å². The number of ether oxygens (including phenoxy) is 4. The first-order chi connectivity index (χ1) is 9.83. The molecule has 0 aromatic carbocycles. The Hall–Kier alpha value is -0.160. The standard InChI is InChI=1S/C17H32O4/c1-8-10(3)15-11(4)16(20-12(5)19-15)17(7)14(9-2)18-13(6)21-17/h10-16H,8-9H2,1-7H3/t10-,11+,12-,13+,14-,15+,16-,17-/m1/s1. The van der Waals surface area contributed by atoms with E-state index in [1.165, 1.54) is 0 Å². The average molecular weight is 300 g/mol. The van der Waals surface area contributed by atoms with Gasteiger partial charge in [-0.1, -0.05) is 34.1 Å². The molecule has 4 heteroatoms. The van der Waals surface area contributed by atoms with Gasteiger partial charge in [-0.2, -0.15) is 0 Å². The van der Waals surface area contributed by atoms with E-state index in [-0.39, 0.29) is 36.8 Å². The van der Waals surface area contributed by atoms with E-state index in [1.54, 1.807) is 0 Å². The maximum absolute atomic E-state index is 6.17. The van der Waals surface area contributed by atoms with E-state index < -0.39 is 5.60 Å². The van der Waals surface area contributed by atoms with Gasteiger partial charge in [-0.25, -0.2) is 0 Å². The molecule has 124 valence electrons. The molecule has 0 spiro atoms. The monoisotopic (exact) mass is 300 g/mol. The Kier molecular flexibility index (Phi) is 5.35. The van der Waals surface area contributed by atoms with Crippen molar-refractivity contribution in [2.45, 2.75) is 97.8 Å². The Balaban J connectivity index is 2.24. The van der Waals surface area contributed by atoms with Crippen molar-refractivity contribution in [1.82, 2.24) is 0 Å². The highest BCUT2D eigenvalue weighted by Gasteiger charge is 2.55. The summed E-state index contributed by atoms with van der Waals surface area (Å²) in [5.41, 5.74) is -0.405. The summed E-state index contributed by atoms with van der Waals surface area (Å²) in [6.07, 6.45) is 1.94. The molecule has 0 N–H and O–H groups in total. The summed E-state index contributed by atoms with van der Waals surface area (Å²) < 4.78 is 24.3. The fraction of sp³-hybridized carbons (Fsp3) is 1.00. The third kappa shape index (κ3) is 3.14. The van der Waals surface area contributed by atoms with E-state index in [2.05, 4.69) is 34.6 Å². The highest BCUT2D eigenvalue weighted by Crippen LogP contribution is 2.43. The van der Waals surface area contributed by atoms with Gasteiger partial charge >= 0.3 is 0 Å². The van der Waals surface area contributed by atoms with Crippen LogP contribution in [0, 0.1) is 11.8 Å². The molecule has 0 radical (unpaired) electrons. The van der Waals surface area contributed by atoms with Crippen LogP contribution in [0.5, 0.6) is 0 Å². The summed E-state index contributed by atoms with van der Waals surface area (Å²) in [7, 11) is 0. The summed E-state index contributed by atoms with van der Waals surface area (Å²) in [4.78, 5) is 0. The van der Waals surface area contributed by atoms with Crippen LogP contribution in [0.15, 0.2) is 0 Å². The van der Waals surface area contributed by atoms with Crippen LogP contribution >= 0.6 is 0 Å². The van der Waals surface area contributed by atoms with Gasteiger partial charge in [0.2, 0.25) is 0 Å². The first-order valence-corrected chi connectivity index (χ1v) is 8.47. The summed E-state index contributed by atoms with van der Waals surface area (Å²) in [6, 6.07) is 0. The van der Waals surface area contributed by atoms with Gasteiger partial charge in [-0.15, -0.1) is 0 Å². The van der Waals surface area contributed by atoms with Crippen molar-refractivity contribution >= 4 is 0 Å². The highest BCUT2D eigenvalue weighted by molar-refractivity contribution is 5.01. The van der Waals surface area contributed by atoms with Gasteiger partial charge < -0.3 is 18.9 Å². The molecule has 0 aromatic rings. The average Bonchev–Trinajstić information content (AvgIpc) is 2.75. The molecule has 0 aromatic heterocycles. The van der Waals surface area contributed by atoms with E-state index >= 15 is 0 Å². The molecule has 2 heterocycles. The summed E-state index contributed by atoms with van der Waals surface area (Å²) in [6.45, 7) is 14.9. The molecule has 0 saturated carbocycles. The van der Waals surface area contributed by atoms with E-state index in [4.69, 9.17) is 18.9 Å². The van der Waals surface area contributed by atoms with Crippen molar-refractivity contribution in [3.8, 4) is 0 Å². The maximum atomic E-state index is 6.17. The first kappa shape index (κ1) is 17.2. The van der Waals surface area contributed by atoms with Crippen molar-refractivity contribution < 1.29 is 18.9 Å². The van der Waals surface area contributed by atoms with E-state index in [0.717, 1.165) is 12.8 Å². The quantitative estimate of drug-likeness (QED) is 0.793. The van der Waals surface area contributed by atoms with E-state index in [0.29, 0.717) is 5.92 Å². The summed E-state index contributed by atoms with van der Waals surface area (Å²) in [5.74, 6) is 0.793. The predicted molar refractivity (Wildman–Crippen MR) is 81.9 cm³/mol. The minimum absolute atomic E-state index is 0.00449. The Labute approximate surface area is 129 Å². The maximum Gasteiger partial charge on any atom is 0.156 e. The smallest absolute Gasteiger partial charge is 0.156 e. The van der Waals surface area contributed by atoms with Crippen LogP contribution in [0.25, 0.3) is 0 Å². The van der Waals surface area contributed by atoms with Gasteiger partial charge in [0.1, 0.15) is 5.60 Å². The molecule has 2 aliphatic heterocycles. The van der Waals surface area contributed by atoms with Crippen LogP contribution in [-0.2, 0) is 18.9 Å². The predicted octanol–water partition coefficient (Wildman–Crippen LogP) is 3.73. The van der Waals surface area contributed by atoms with Gasteiger partial charge in [0.05, 0.1) is 18.3 Å². The van der Waals surface area contributed by atoms with Crippen molar-refractivity contribution in [3.05, 3.63) is 0 Å². The van der Waals surface area contributed by atoms with Crippen LogP contribution < -0.4 is 0 Å². The zero-order valence-electron chi connectivity index (χ0n) is 14.6. The molecule has 0 bridgehead atoms. The minimum Gasteiger partial charge on any atom is -0.349 e. The molecule has 0 aliphatic carbocycles. The van der Waals surface area contributed by atoms with Crippen molar-refractivity contribution in [2.75, 3.05) is 0 Å². The second kappa shape index (κ2) is 6.53. The van der Waals surface area contributed by atoms with Gasteiger partial charge in [-0.05, 0) is 33.1 Å². The lowest BCUT2D eigenvalue weighted by molar-refractivity contribution is -0.304. The molecule has 2 fully saturated rings. The lowest BCUT2D eigenvalue weighted by Crippen LogP contribution is -2.59. The number of rotatable bonds is 4. The Bertz CT molecular complexity index is 348. The molecule has 0 unspecified atom stereocenters. The number of hydrogen-bond acceptors (Lipinski definition) is 4. The fourth-order valence-corrected chi connectivity index (χ4v) is 4.00. The second-order valence-corrected chi connectivity index (χ2v) is 6.87. The fourth-order valence-electron chi connectivity index (χ4n) is 4.00. The molecule has 4 nitrogen and oxygen atoms in total. The highest BCUT2D eigenvalue weighted by atomic mass is 16.8. The van der Waals surface area contributed by atoms with Crippen LogP contribution in [0.4, 0.5) is 0 Å². The minimum atomic E-state index is -0.405. The molecule has 2 aliphatic rings. The molecule has 2 saturated heterocycles. The van der Waals surface area contributed by atoms with E-state index in [1.807, 2.05) is 13.8 Å². The Morgan fingerprint density at radius 1 is 1.00 bits per heavy atom. The third-order valence-electron chi connectivity index (χ3n) is 5.24. The van der Waals surface area contributed by atoms with Crippen LogP contribution in [-0.4, -0.2) is 36.5 Å². The first-order valence-electron chi connectivity index (χ1n) is 8.47. The molecule has 8 atom stereocenters.